The van der Waals surface area contributed by atoms with Gasteiger partial charge in [-0.05, 0) is 43.3 Å². The molecule has 0 spiro atoms. The van der Waals surface area contributed by atoms with E-state index in [4.69, 9.17) is 11.6 Å². The lowest BCUT2D eigenvalue weighted by molar-refractivity contribution is 0.771. The molecular weight excluding hydrogens is 348 g/mol. The molecule has 124 valence electrons. The minimum atomic E-state index is 0.735. The second kappa shape index (κ2) is 6.95. The van der Waals surface area contributed by atoms with E-state index in [1.165, 1.54) is 20.9 Å². The second-order valence-corrected chi connectivity index (χ2v) is 7.42. The molecule has 0 amide bonds. The van der Waals surface area contributed by atoms with Crippen molar-refractivity contribution in [3.05, 3.63) is 89.3 Å². The predicted octanol–water partition coefficient (Wildman–Crippen LogP) is 6.20. The highest BCUT2D eigenvalue weighted by molar-refractivity contribution is 7.99. The van der Waals surface area contributed by atoms with Crippen LogP contribution in [0.1, 0.15) is 11.4 Å². The number of benzene rings is 2. The first-order chi connectivity index (χ1) is 12.2. The molecule has 4 rings (SSSR count). The van der Waals surface area contributed by atoms with E-state index in [2.05, 4.69) is 52.9 Å². The number of fused-ring (bicyclic) bond motifs is 1. The molecule has 0 radical (unpaired) electrons. The van der Waals surface area contributed by atoms with Gasteiger partial charge in [0.05, 0.1) is 17.8 Å². The van der Waals surface area contributed by atoms with Crippen LogP contribution in [0.2, 0.25) is 5.02 Å². The monoisotopic (exact) mass is 364 g/mol. The Kier molecular flexibility index (Phi) is 4.51. The summed E-state index contributed by atoms with van der Waals surface area (Å²) in [6, 6.07) is 22.6. The highest BCUT2D eigenvalue weighted by Gasteiger charge is 2.16. The summed E-state index contributed by atoms with van der Waals surface area (Å²) < 4.78 is 2.30. The van der Waals surface area contributed by atoms with Crippen LogP contribution in [0.4, 0.5) is 0 Å². The number of pyridine rings is 1. The van der Waals surface area contributed by atoms with E-state index in [9.17, 15) is 0 Å². The number of rotatable bonds is 4. The number of halogens is 1. The first-order valence-corrected chi connectivity index (χ1v) is 9.33. The standard InChI is InChI=1S/C21H17ClN2S/c1-15-21(25-18-8-3-2-4-9-18)19-11-10-16(22)13-20(19)24(15)14-17-7-5-6-12-23-17/h2-13H,14H2,1H3. The lowest BCUT2D eigenvalue weighted by Crippen LogP contribution is -2.03. The molecule has 0 unspecified atom stereocenters. The van der Waals surface area contributed by atoms with E-state index < -0.39 is 0 Å². The van der Waals surface area contributed by atoms with Crippen LogP contribution in [0.5, 0.6) is 0 Å². The van der Waals surface area contributed by atoms with E-state index in [0.29, 0.717) is 0 Å². The smallest absolute Gasteiger partial charge is 0.0651 e. The molecule has 25 heavy (non-hydrogen) atoms. The summed E-state index contributed by atoms with van der Waals surface area (Å²) in [6.45, 7) is 2.90. The van der Waals surface area contributed by atoms with Crippen LogP contribution >= 0.6 is 23.4 Å². The van der Waals surface area contributed by atoms with Crippen molar-refractivity contribution < 1.29 is 0 Å². The highest BCUT2D eigenvalue weighted by atomic mass is 35.5. The summed E-state index contributed by atoms with van der Waals surface area (Å²) in [5.41, 5.74) is 3.42. The van der Waals surface area contributed by atoms with Crippen molar-refractivity contribution in [3.8, 4) is 0 Å². The maximum atomic E-state index is 6.28. The van der Waals surface area contributed by atoms with Crippen molar-refractivity contribution in [2.45, 2.75) is 23.3 Å². The minimum Gasteiger partial charge on any atom is -0.338 e. The Morgan fingerprint density at radius 1 is 1.00 bits per heavy atom. The van der Waals surface area contributed by atoms with Gasteiger partial charge in [0.1, 0.15) is 0 Å². The van der Waals surface area contributed by atoms with Gasteiger partial charge in [0.15, 0.2) is 0 Å². The topological polar surface area (TPSA) is 17.8 Å². The third-order valence-corrected chi connectivity index (χ3v) is 5.70. The molecule has 0 N–H and O–H groups in total. The van der Waals surface area contributed by atoms with Crippen molar-refractivity contribution >= 4 is 34.3 Å². The largest absolute Gasteiger partial charge is 0.338 e. The number of hydrogen-bond donors (Lipinski definition) is 0. The van der Waals surface area contributed by atoms with E-state index >= 15 is 0 Å². The van der Waals surface area contributed by atoms with Crippen LogP contribution in [0.15, 0.2) is 82.7 Å². The average molecular weight is 365 g/mol. The minimum absolute atomic E-state index is 0.735. The molecule has 2 aromatic carbocycles. The summed E-state index contributed by atoms with van der Waals surface area (Å²) in [5, 5.41) is 1.98. The molecule has 0 aliphatic heterocycles. The first kappa shape index (κ1) is 16.2. The molecule has 4 heteroatoms. The third kappa shape index (κ3) is 3.30. The summed E-state index contributed by atoms with van der Waals surface area (Å²) in [7, 11) is 0. The van der Waals surface area contributed by atoms with Crippen molar-refractivity contribution in [1.29, 1.82) is 0 Å². The third-order valence-electron chi connectivity index (χ3n) is 4.24. The van der Waals surface area contributed by atoms with Crippen molar-refractivity contribution in [2.75, 3.05) is 0 Å². The molecule has 2 aromatic heterocycles. The zero-order chi connectivity index (χ0) is 17.2. The van der Waals surface area contributed by atoms with E-state index in [0.717, 1.165) is 22.8 Å². The molecule has 0 fully saturated rings. The summed E-state index contributed by atoms with van der Waals surface area (Å²) in [4.78, 5) is 6.98. The molecule has 0 atom stereocenters. The Morgan fingerprint density at radius 3 is 2.56 bits per heavy atom. The van der Waals surface area contributed by atoms with E-state index in [-0.39, 0.29) is 0 Å². The van der Waals surface area contributed by atoms with Gasteiger partial charge in [-0.1, -0.05) is 53.7 Å². The van der Waals surface area contributed by atoms with Gasteiger partial charge in [-0.15, -0.1) is 0 Å². The lowest BCUT2D eigenvalue weighted by Gasteiger charge is -2.08. The number of aromatic nitrogens is 2. The Morgan fingerprint density at radius 2 is 1.80 bits per heavy atom. The Bertz CT molecular complexity index is 1010. The highest BCUT2D eigenvalue weighted by Crippen LogP contribution is 2.39. The van der Waals surface area contributed by atoms with Crippen molar-refractivity contribution in [2.24, 2.45) is 0 Å². The molecule has 0 aliphatic rings. The molecule has 2 nitrogen and oxygen atoms in total. The fourth-order valence-corrected chi connectivity index (χ4v) is 4.25. The Labute approximate surface area is 156 Å². The molecule has 0 aliphatic carbocycles. The van der Waals surface area contributed by atoms with Crippen LogP contribution < -0.4 is 0 Å². The van der Waals surface area contributed by atoms with Crippen LogP contribution in [0.3, 0.4) is 0 Å². The first-order valence-electron chi connectivity index (χ1n) is 8.13. The van der Waals surface area contributed by atoms with Gasteiger partial charge < -0.3 is 4.57 Å². The van der Waals surface area contributed by atoms with Gasteiger partial charge in [-0.2, -0.15) is 0 Å². The summed E-state index contributed by atoms with van der Waals surface area (Å²) >= 11 is 8.08. The Hall–Kier alpha value is -2.23. The predicted molar refractivity (Wildman–Crippen MR) is 106 cm³/mol. The SMILES string of the molecule is Cc1c(Sc2ccccc2)c2ccc(Cl)cc2n1Cc1ccccn1. The quantitative estimate of drug-likeness (QED) is 0.429. The van der Waals surface area contributed by atoms with Crippen molar-refractivity contribution in [3.63, 3.8) is 0 Å². The molecule has 0 saturated heterocycles. The van der Waals surface area contributed by atoms with E-state index in [1.807, 2.05) is 36.5 Å². The van der Waals surface area contributed by atoms with Gasteiger partial charge in [0.2, 0.25) is 0 Å². The van der Waals surface area contributed by atoms with Crippen LogP contribution in [0, 0.1) is 6.92 Å². The summed E-state index contributed by atoms with van der Waals surface area (Å²) in [6.07, 6.45) is 1.84. The number of hydrogen-bond acceptors (Lipinski definition) is 2. The zero-order valence-electron chi connectivity index (χ0n) is 13.8. The van der Waals surface area contributed by atoms with Gasteiger partial charge in [0, 0.05) is 32.1 Å². The van der Waals surface area contributed by atoms with Crippen LogP contribution in [-0.2, 0) is 6.54 Å². The van der Waals surface area contributed by atoms with Gasteiger partial charge in [-0.25, -0.2) is 0 Å². The zero-order valence-corrected chi connectivity index (χ0v) is 15.4. The summed E-state index contributed by atoms with van der Waals surface area (Å²) in [5.74, 6) is 0. The van der Waals surface area contributed by atoms with Crippen molar-refractivity contribution in [1.82, 2.24) is 9.55 Å². The average Bonchev–Trinajstić information content (AvgIpc) is 2.89. The van der Waals surface area contributed by atoms with Crippen LogP contribution in [0.25, 0.3) is 10.9 Å². The van der Waals surface area contributed by atoms with E-state index in [1.54, 1.807) is 11.8 Å². The molecule has 4 aromatic rings. The van der Waals surface area contributed by atoms with Gasteiger partial charge in [0.25, 0.3) is 0 Å². The molecule has 2 heterocycles. The number of nitrogens with zero attached hydrogens (tertiary/aromatic N) is 2. The van der Waals surface area contributed by atoms with Gasteiger partial charge in [-0.3, -0.25) is 4.98 Å². The second-order valence-electron chi connectivity index (χ2n) is 5.90. The fourth-order valence-electron chi connectivity index (χ4n) is 3.01. The normalized spacial score (nSPS) is 11.1. The maximum absolute atomic E-state index is 6.28. The van der Waals surface area contributed by atoms with Gasteiger partial charge >= 0.3 is 0 Å². The van der Waals surface area contributed by atoms with Crippen LogP contribution in [-0.4, -0.2) is 9.55 Å². The molecule has 0 saturated carbocycles. The molecule has 0 bridgehead atoms. The fraction of sp³-hybridized carbons (Fsp3) is 0.0952. The maximum Gasteiger partial charge on any atom is 0.0651 e. The lowest BCUT2D eigenvalue weighted by atomic mass is 10.2. The molecular formula is C21H17ClN2S. The Balaban J connectivity index is 1.84.